The summed E-state index contributed by atoms with van der Waals surface area (Å²) in [6.45, 7) is 3.89. The van der Waals surface area contributed by atoms with Crippen molar-refractivity contribution in [2.45, 2.75) is 17.9 Å². The van der Waals surface area contributed by atoms with Crippen molar-refractivity contribution < 1.29 is 22.7 Å². The molecule has 1 saturated heterocycles. The molecule has 9 heteroatoms. The molecule has 7 nitrogen and oxygen atoms in total. The van der Waals surface area contributed by atoms with Gasteiger partial charge in [0.25, 0.3) is 0 Å². The van der Waals surface area contributed by atoms with Crippen LogP contribution in [0.1, 0.15) is 28.9 Å². The molecule has 2 aromatic rings. The highest BCUT2D eigenvalue weighted by Crippen LogP contribution is 2.29. The Balaban J connectivity index is 1.95. The van der Waals surface area contributed by atoms with Gasteiger partial charge in [0.2, 0.25) is 10.0 Å². The summed E-state index contributed by atoms with van der Waals surface area (Å²) < 4.78 is 34.4. The number of carbonyl (C=O) groups is 1. The zero-order chi connectivity index (χ0) is 20.3. The van der Waals surface area contributed by atoms with Crippen LogP contribution in [0.4, 0.5) is 5.69 Å². The molecule has 0 aliphatic carbocycles. The molecule has 0 aromatic heterocycles. The van der Waals surface area contributed by atoms with E-state index in [0.29, 0.717) is 42.6 Å². The number of benzene rings is 2. The molecule has 0 bridgehead atoms. The number of hydrogen-bond acceptors (Lipinski definition) is 6. The number of esters is 1. The maximum Gasteiger partial charge on any atom is 0.340 e. The molecule has 0 saturated carbocycles. The van der Waals surface area contributed by atoms with Gasteiger partial charge in [0, 0.05) is 23.7 Å². The molecule has 2 aromatic carbocycles. The standard InChI is InChI=1S/C19H21ClN2O5S/c1-13(15-4-2-3-5-17(15)20)27-19(23)16-12-14(28(21,24)25)6-7-18(16)22-8-10-26-11-9-22/h2-7,12-13H,8-11H2,1H3,(H2,21,24,25)/t13-/m0/s1. The van der Waals surface area contributed by atoms with Gasteiger partial charge in [-0.2, -0.15) is 0 Å². The Kier molecular flexibility index (Phi) is 6.24. The number of nitrogens with two attached hydrogens (primary N) is 1. The van der Waals surface area contributed by atoms with Crippen LogP contribution in [-0.2, 0) is 19.5 Å². The Morgan fingerprint density at radius 2 is 1.89 bits per heavy atom. The third-order valence-electron chi connectivity index (χ3n) is 4.50. The molecule has 2 N–H and O–H groups in total. The third-order valence-corrected chi connectivity index (χ3v) is 5.75. The van der Waals surface area contributed by atoms with E-state index in [9.17, 15) is 13.2 Å². The quantitative estimate of drug-likeness (QED) is 0.741. The Labute approximate surface area is 169 Å². The van der Waals surface area contributed by atoms with Gasteiger partial charge in [-0.3, -0.25) is 0 Å². The molecule has 1 heterocycles. The van der Waals surface area contributed by atoms with Crippen LogP contribution < -0.4 is 10.0 Å². The van der Waals surface area contributed by atoms with E-state index in [1.807, 2.05) is 4.90 Å². The lowest BCUT2D eigenvalue weighted by Crippen LogP contribution is -2.37. The SMILES string of the molecule is C[C@H](OC(=O)c1cc(S(N)(=O)=O)ccc1N1CCOCC1)c1ccccc1Cl. The van der Waals surface area contributed by atoms with Crippen molar-refractivity contribution in [2.24, 2.45) is 5.14 Å². The van der Waals surface area contributed by atoms with Crippen LogP contribution in [0.15, 0.2) is 47.4 Å². The molecule has 150 valence electrons. The maximum absolute atomic E-state index is 12.9. The minimum atomic E-state index is -3.97. The van der Waals surface area contributed by atoms with Gasteiger partial charge in [0.05, 0.1) is 29.4 Å². The monoisotopic (exact) mass is 424 g/mol. The third kappa shape index (κ3) is 4.64. The number of anilines is 1. The summed E-state index contributed by atoms with van der Waals surface area (Å²) >= 11 is 6.18. The van der Waals surface area contributed by atoms with Gasteiger partial charge in [0.1, 0.15) is 6.10 Å². The maximum atomic E-state index is 12.9. The van der Waals surface area contributed by atoms with E-state index in [4.69, 9.17) is 26.2 Å². The van der Waals surface area contributed by atoms with E-state index in [1.54, 1.807) is 37.3 Å². The minimum Gasteiger partial charge on any atom is -0.454 e. The lowest BCUT2D eigenvalue weighted by Gasteiger charge is -2.30. The molecule has 1 atom stereocenters. The number of hydrogen-bond donors (Lipinski definition) is 1. The molecule has 0 amide bonds. The topological polar surface area (TPSA) is 98.9 Å². The van der Waals surface area contributed by atoms with Crippen molar-refractivity contribution in [3.05, 3.63) is 58.6 Å². The molecule has 0 radical (unpaired) electrons. The molecular weight excluding hydrogens is 404 g/mol. The summed E-state index contributed by atoms with van der Waals surface area (Å²) in [5.74, 6) is -0.653. The van der Waals surface area contributed by atoms with Gasteiger partial charge in [-0.1, -0.05) is 29.8 Å². The fourth-order valence-corrected chi connectivity index (χ4v) is 3.86. The van der Waals surface area contributed by atoms with Crippen LogP contribution in [0, 0.1) is 0 Å². The van der Waals surface area contributed by atoms with Crippen LogP contribution in [0.3, 0.4) is 0 Å². The zero-order valence-electron chi connectivity index (χ0n) is 15.3. The average molecular weight is 425 g/mol. The molecule has 0 unspecified atom stereocenters. The summed E-state index contributed by atoms with van der Waals surface area (Å²) in [5.41, 5.74) is 1.37. The lowest BCUT2D eigenvalue weighted by molar-refractivity contribution is 0.0338. The van der Waals surface area contributed by atoms with Crippen LogP contribution in [0.2, 0.25) is 5.02 Å². The highest BCUT2D eigenvalue weighted by Gasteiger charge is 2.24. The van der Waals surface area contributed by atoms with Crippen LogP contribution >= 0.6 is 11.6 Å². The second-order valence-electron chi connectivity index (χ2n) is 6.39. The second-order valence-corrected chi connectivity index (χ2v) is 8.36. The van der Waals surface area contributed by atoms with Crippen molar-refractivity contribution in [1.29, 1.82) is 0 Å². The van der Waals surface area contributed by atoms with E-state index in [2.05, 4.69) is 0 Å². The normalized spacial score (nSPS) is 15.9. The Hall–Kier alpha value is -2.13. The predicted molar refractivity (Wildman–Crippen MR) is 106 cm³/mol. The highest BCUT2D eigenvalue weighted by molar-refractivity contribution is 7.89. The zero-order valence-corrected chi connectivity index (χ0v) is 16.9. The summed E-state index contributed by atoms with van der Waals surface area (Å²) in [6.07, 6.45) is -0.614. The second kappa shape index (κ2) is 8.48. The molecule has 28 heavy (non-hydrogen) atoms. The van der Waals surface area contributed by atoms with Gasteiger partial charge in [0.15, 0.2) is 0 Å². The first-order valence-corrected chi connectivity index (χ1v) is 10.6. The Bertz CT molecular complexity index is 974. The van der Waals surface area contributed by atoms with Gasteiger partial charge >= 0.3 is 5.97 Å². The van der Waals surface area contributed by atoms with Crippen LogP contribution in [-0.4, -0.2) is 40.7 Å². The summed E-state index contributed by atoms with van der Waals surface area (Å²) in [5, 5.41) is 5.72. The van der Waals surface area contributed by atoms with E-state index in [-0.39, 0.29) is 10.5 Å². The molecule has 1 aliphatic heterocycles. The summed E-state index contributed by atoms with van der Waals surface area (Å²) in [4.78, 5) is 14.7. The average Bonchev–Trinajstić information content (AvgIpc) is 2.67. The first kappa shape index (κ1) is 20.6. The number of sulfonamides is 1. The van der Waals surface area contributed by atoms with E-state index in [1.165, 1.54) is 12.1 Å². The van der Waals surface area contributed by atoms with Crippen LogP contribution in [0.25, 0.3) is 0 Å². The Morgan fingerprint density at radius 1 is 1.21 bits per heavy atom. The minimum absolute atomic E-state index is 0.132. The Morgan fingerprint density at radius 3 is 2.54 bits per heavy atom. The van der Waals surface area contributed by atoms with Gasteiger partial charge in [-0.05, 0) is 31.2 Å². The summed E-state index contributed by atoms with van der Waals surface area (Å²) in [6, 6.07) is 11.3. The number of ether oxygens (including phenoxy) is 2. The number of carbonyl (C=O) groups excluding carboxylic acids is 1. The van der Waals surface area contributed by atoms with Crippen molar-refractivity contribution in [3.8, 4) is 0 Å². The highest BCUT2D eigenvalue weighted by atomic mass is 35.5. The van der Waals surface area contributed by atoms with Crippen molar-refractivity contribution in [3.63, 3.8) is 0 Å². The fraction of sp³-hybridized carbons (Fsp3) is 0.316. The predicted octanol–water partition coefficient (Wildman–Crippen LogP) is 2.74. The number of halogens is 1. The van der Waals surface area contributed by atoms with Gasteiger partial charge in [-0.25, -0.2) is 18.4 Å². The molecule has 1 fully saturated rings. The number of morpholine rings is 1. The van der Waals surface area contributed by atoms with Gasteiger partial charge < -0.3 is 14.4 Å². The molecule has 0 spiro atoms. The number of nitrogens with zero attached hydrogens (tertiary/aromatic N) is 1. The lowest BCUT2D eigenvalue weighted by atomic mass is 10.1. The number of primary sulfonamides is 1. The van der Waals surface area contributed by atoms with Crippen molar-refractivity contribution >= 4 is 33.3 Å². The van der Waals surface area contributed by atoms with Crippen LogP contribution in [0.5, 0.6) is 0 Å². The summed E-state index contributed by atoms with van der Waals surface area (Å²) in [7, 11) is -3.97. The molecular formula is C19H21ClN2O5S. The molecule has 1 aliphatic rings. The first-order chi connectivity index (χ1) is 13.3. The van der Waals surface area contributed by atoms with Crippen molar-refractivity contribution in [2.75, 3.05) is 31.2 Å². The van der Waals surface area contributed by atoms with E-state index >= 15 is 0 Å². The fourth-order valence-electron chi connectivity index (χ4n) is 3.03. The van der Waals surface area contributed by atoms with E-state index < -0.39 is 22.1 Å². The van der Waals surface area contributed by atoms with E-state index in [0.717, 1.165) is 0 Å². The largest absolute Gasteiger partial charge is 0.454 e. The first-order valence-electron chi connectivity index (χ1n) is 8.72. The molecule has 3 rings (SSSR count). The smallest absolute Gasteiger partial charge is 0.340 e. The van der Waals surface area contributed by atoms with Crippen molar-refractivity contribution in [1.82, 2.24) is 0 Å². The van der Waals surface area contributed by atoms with Gasteiger partial charge in [-0.15, -0.1) is 0 Å². The number of rotatable bonds is 5.